The largest absolute Gasteiger partial charge is 0.332 e. The van der Waals surface area contributed by atoms with Gasteiger partial charge in [0, 0.05) is 24.0 Å². The predicted octanol–water partition coefficient (Wildman–Crippen LogP) is 0.780. The maximum atomic E-state index is 12.9. The zero-order valence-electron chi connectivity index (χ0n) is 14.1. The van der Waals surface area contributed by atoms with Crippen molar-refractivity contribution in [2.45, 2.75) is 39.7 Å². The Morgan fingerprint density at radius 2 is 2.12 bits per heavy atom. The van der Waals surface area contributed by atoms with E-state index < -0.39 is 9.84 Å². The molecule has 0 aromatic carbocycles. The molecular formula is C15H21N5O3S. The number of carbonyl (C=O) groups excluding carboxylic acids is 1. The Balaban J connectivity index is 1.94. The van der Waals surface area contributed by atoms with Crippen LogP contribution in [0, 0.1) is 13.8 Å². The third-order valence-corrected chi connectivity index (χ3v) is 5.93. The first-order valence-corrected chi connectivity index (χ1v) is 9.85. The lowest BCUT2D eigenvalue weighted by Gasteiger charge is -2.26. The van der Waals surface area contributed by atoms with Crippen LogP contribution >= 0.6 is 0 Å². The van der Waals surface area contributed by atoms with Crippen molar-refractivity contribution in [3.05, 3.63) is 23.3 Å². The summed E-state index contributed by atoms with van der Waals surface area (Å²) in [7, 11) is -3.06. The molecule has 0 saturated carbocycles. The van der Waals surface area contributed by atoms with Crippen LogP contribution in [0.25, 0.3) is 5.78 Å². The molecule has 1 amide bonds. The Labute approximate surface area is 140 Å². The monoisotopic (exact) mass is 351 g/mol. The van der Waals surface area contributed by atoms with E-state index >= 15 is 0 Å². The summed E-state index contributed by atoms with van der Waals surface area (Å²) in [5.74, 6) is 0.258. The van der Waals surface area contributed by atoms with E-state index in [0.29, 0.717) is 18.7 Å². The zero-order chi connectivity index (χ0) is 17.5. The number of carbonyl (C=O) groups is 1. The average molecular weight is 351 g/mol. The summed E-state index contributed by atoms with van der Waals surface area (Å²) < 4.78 is 25.0. The highest BCUT2D eigenvalue weighted by Gasteiger charge is 2.35. The molecule has 8 nitrogen and oxygen atoms in total. The first-order valence-electron chi connectivity index (χ1n) is 8.03. The van der Waals surface area contributed by atoms with Crippen LogP contribution in [-0.4, -0.2) is 62.9 Å². The minimum absolute atomic E-state index is 0.0164. The molecule has 3 rings (SSSR count). The smallest absolute Gasteiger partial charge is 0.293 e. The third-order valence-electron chi connectivity index (χ3n) is 4.18. The molecule has 1 aliphatic rings. The van der Waals surface area contributed by atoms with Gasteiger partial charge in [0.25, 0.3) is 11.7 Å². The molecule has 1 fully saturated rings. The second-order valence-corrected chi connectivity index (χ2v) is 8.47. The molecule has 3 heterocycles. The van der Waals surface area contributed by atoms with E-state index in [1.807, 2.05) is 26.8 Å². The molecule has 0 N–H and O–H groups in total. The minimum Gasteiger partial charge on any atom is -0.332 e. The van der Waals surface area contributed by atoms with Gasteiger partial charge in [-0.25, -0.2) is 17.9 Å². The number of amides is 1. The highest BCUT2D eigenvalue weighted by Crippen LogP contribution is 2.20. The lowest BCUT2D eigenvalue weighted by molar-refractivity contribution is 0.0684. The number of hydrogen-bond acceptors (Lipinski definition) is 6. The number of aryl methyl sites for hydroxylation is 2. The summed E-state index contributed by atoms with van der Waals surface area (Å²) in [5.41, 5.74) is 1.65. The van der Waals surface area contributed by atoms with Crippen LogP contribution in [0.2, 0.25) is 0 Å². The Morgan fingerprint density at radius 3 is 2.75 bits per heavy atom. The molecule has 2 aromatic rings. The van der Waals surface area contributed by atoms with E-state index in [1.54, 1.807) is 4.90 Å². The first-order chi connectivity index (χ1) is 11.3. The molecule has 9 heteroatoms. The predicted molar refractivity (Wildman–Crippen MR) is 88.6 cm³/mol. The van der Waals surface area contributed by atoms with Crippen LogP contribution in [0.4, 0.5) is 0 Å². The van der Waals surface area contributed by atoms with Gasteiger partial charge in [0.05, 0.1) is 11.5 Å². The number of fused-ring (bicyclic) bond motifs is 1. The van der Waals surface area contributed by atoms with Crippen molar-refractivity contribution in [3.8, 4) is 0 Å². The topological polar surface area (TPSA) is 97.5 Å². The maximum Gasteiger partial charge on any atom is 0.293 e. The Hall–Kier alpha value is -2.03. The molecule has 0 radical (unpaired) electrons. The van der Waals surface area contributed by atoms with Crippen molar-refractivity contribution >= 4 is 21.5 Å². The molecule has 1 aliphatic heterocycles. The van der Waals surface area contributed by atoms with Crippen LogP contribution < -0.4 is 0 Å². The Kier molecular flexibility index (Phi) is 4.29. The highest BCUT2D eigenvalue weighted by atomic mass is 32.2. The minimum atomic E-state index is -3.06. The molecule has 24 heavy (non-hydrogen) atoms. The van der Waals surface area contributed by atoms with Gasteiger partial charge in [-0.15, -0.1) is 5.10 Å². The fourth-order valence-electron chi connectivity index (χ4n) is 3.10. The molecule has 0 bridgehead atoms. The van der Waals surface area contributed by atoms with Crippen molar-refractivity contribution in [2.75, 3.05) is 18.1 Å². The van der Waals surface area contributed by atoms with Gasteiger partial charge in [0.2, 0.25) is 5.82 Å². The summed E-state index contributed by atoms with van der Waals surface area (Å²) in [6.45, 7) is 6.17. The normalized spacial score (nSPS) is 19.7. The van der Waals surface area contributed by atoms with Gasteiger partial charge >= 0.3 is 0 Å². The summed E-state index contributed by atoms with van der Waals surface area (Å²) in [6, 6.07) is 1.56. The van der Waals surface area contributed by atoms with Gasteiger partial charge in [0.15, 0.2) is 9.84 Å². The van der Waals surface area contributed by atoms with Crippen molar-refractivity contribution in [1.82, 2.24) is 24.5 Å². The number of rotatable bonds is 4. The molecule has 1 unspecified atom stereocenters. The Bertz CT molecular complexity index is 890. The molecule has 2 aromatic heterocycles. The SMILES string of the molecule is CCCN(C(=O)c1nc2nc(C)cc(C)n2n1)C1CCS(=O)(=O)C1. The summed E-state index contributed by atoms with van der Waals surface area (Å²) >= 11 is 0. The van der Waals surface area contributed by atoms with Gasteiger partial charge < -0.3 is 4.90 Å². The van der Waals surface area contributed by atoms with Crippen molar-refractivity contribution in [3.63, 3.8) is 0 Å². The number of hydrogen-bond donors (Lipinski definition) is 0. The molecule has 1 atom stereocenters. The van der Waals surface area contributed by atoms with E-state index in [-0.39, 0.29) is 29.3 Å². The van der Waals surface area contributed by atoms with Crippen LogP contribution in [0.5, 0.6) is 0 Å². The fraction of sp³-hybridized carbons (Fsp3) is 0.600. The van der Waals surface area contributed by atoms with Crippen LogP contribution in [0.1, 0.15) is 41.8 Å². The molecule has 0 spiro atoms. The average Bonchev–Trinajstić information content (AvgIpc) is 3.07. The van der Waals surface area contributed by atoms with Crippen LogP contribution in [0.15, 0.2) is 6.07 Å². The summed E-state index contributed by atoms with van der Waals surface area (Å²) in [6.07, 6.45) is 1.21. The standard InChI is InChI=1S/C15H21N5O3S/c1-4-6-19(12-5-7-24(22,23)9-12)14(21)13-17-15-16-10(2)8-11(3)20(15)18-13/h8,12H,4-7,9H2,1-3H3. The summed E-state index contributed by atoms with van der Waals surface area (Å²) in [4.78, 5) is 23.0. The van der Waals surface area contributed by atoms with Gasteiger partial charge in [-0.1, -0.05) is 6.92 Å². The molecule has 0 aliphatic carbocycles. The number of sulfone groups is 1. The van der Waals surface area contributed by atoms with Crippen molar-refractivity contribution in [2.24, 2.45) is 0 Å². The third kappa shape index (κ3) is 3.12. The summed E-state index contributed by atoms with van der Waals surface area (Å²) in [5, 5.41) is 4.27. The van der Waals surface area contributed by atoms with Gasteiger partial charge in [-0.05, 0) is 32.8 Å². The highest BCUT2D eigenvalue weighted by molar-refractivity contribution is 7.91. The van der Waals surface area contributed by atoms with E-state index in [0.717, 1.165) is 17.8 Å². The first kappa shape index (κ1) is 16.8. The Morgan fingerprint density at radius 1 is 1.38 bits per heavy atom. The zero-order valence-corrected chi connectivity index (χ0v) is 14.9. The second-order valence-electron chi connectivity index (χ2n) is 6.24. The maximum absolute atomic E-state index is 12.9. The van der Waals surface area contributed by atoms with Crippen molar-refractivity contribution in [1.29, 1.82) is 0 Å². The van der Waals surface area contributed by atoms with Gasteiger partial charge in [0.1, 0.15) is 0 Å². The van der Waals surface area contributed by atoms with Crippen LogP contribution in [0.3, 0.4) is 0 Å². The number of aromatic nitrogens is 4. The quantitative estimate of drug-likeness (QED) is 0.807. The lowest BCUT2D eigenvalue weighted by atomic mass is 10.2. The van der Waals surface area contributed by atoms with Crippen molar-refractivity contribution < 1.29 is 13.2 Å². The molecule has 130 valence electrons. The fourth-order valence-corrected chi connectivity index (χ4v) is 4.83. The lowest BCUT2D eigenvalue weighted by Crippen LogP contribution is -2.42. The number of nitrogens with zero attached hydrogens (tertiary/aromatic N) is 5. The molecule has 1 saturated heterocycles. The van der Waals surface area contributed by atoms with E-state index in [2.05, 4.69) is 15.1 Å². The molecular weight excluding hydrogens is 330 g/mol. The van der Waals surface area contributed by atoms with E-state index in [4.69, 9.17) is 0 Å². The van der Waals surface area contributed by atoms with Crippen LogP contribution in [-0.2, 0) is 9.84 Å². The second kappa shape index (κ2) is 6.12. The van der Waals surface area contributed by atoms with E-state index in [1.165, 1.54) is 4.52 Å². The van der Waals surface area contributed by atoms with E-state index in [9.17, 15) is 13.2 Å². The van der Waals surface area contributed by atoms with Gasteiger partial charge in [-0.3, -0.25) is 4.79 Å². The van der Waals surface area contributed by atoms with Gasteiger partial charge in [-0.2, -0.15) is 4.98 Å².